The largest absolute Gasteiger partial charge is 0.294 e. The van der Waals surface area contributed by atoms with E-state index >= 15 is 0 Å². The molecule has 3 aromatic rings. The molecule has 5 nitrogen and oxygen atoms in total. The summed E-state index contributed by atoms with van der Waals surface area (Å²) < 4.78 is 1.65. The molecule has 27 heavy (non-hydrogen) atoms. The van der Waals surface area contributed by atoms with Gasteiger partial charge in [0.25, 0.3) is 5.78 Å². The van der Waals surface area contributed by atoms with E-state index < -0.39 is 0 Å². The number of aromatic nitrogens is 4. The van der Waals surface area contributed by atoms with Crippen molar-refractivity contribution < 1.29 is 4.79 Å². The number of benzene rings is 1. The minimum atomic E-state index is 0.140. The highest BCUT2D eigenvalue weighted by molar-refractivity contribution is 7.99. The number of nitrogens with zero attached hydrogens (tertiary/aromatic N) is 4. The minimum absolute atomic E-state index is 0.140. The summed E-state index contributed by atoms with van der Waals surface area (Å²) in [5, 5.41) is 5.22. The van der Waals surface area contributed by atoms with E-state index in [0.29, 0.717) is 23.7 Å². The molecule has 2 aromatic heterocycles. The van der Waals surface area contributed by atoms with Crippen molar-refractivity contribution in [2.24, 2.45) is 5.92 Å². The smallest absolute Gasteiger partial charge is 0.253 e. The first-order valence-corrected chi connectivity index (χ1v) is 10.5. The first kappa shape index (κ1) is 18.2. The molecule has 0 N–H and O–H groups in total. The van der Waals surface area contributed by atoms with Crippen molar-refractivity contribution in [3.63, 3.8) is 0 Å². The van der Waals surface area contributed by atoms with Gasteiger partial charge in [-0.05, 0) is 37.2 Å². The van der Waals surface area contributed by atoms with Gasteiger partial charge in [-0.3, -0.25) is 4.79 Å². The molecule has 4 rings (SSSR count). The van der Waals surface area contributed by atoms with E-state index in [0.717, 1.165) is 29.4 Å². The maximum atomic E-state index is 12.7. The molecule has 1 aromatic carbocycles. The Labute approximate surface area is 163 Å². The van der Waals surface area contributed by atoms with Gasteiger partial charge in [-0.25, -0.2) is 9.50 Å². The second-order valence-electron chi connectivity index (χ2n) is 7.71. The fourth-order valence-electron chi connectivity index (χ4n) is 3.47. The minimum Gasteiger partial charge on any atom is -0.294 e. The van der Waals surface area contributed by atoms with E-state index in [4.69, 9.17) is 0 Å². The van der Waals surface area contributed by atoms with Crippen molar-refractivity contribution in [3.05, 3.63) is 52.8 Å². The molecule has 0 spiro atoms. The zero-order chi connectivity index (χ0) is 19.0. The lowest BCUT2D eigenvalue weighted by Crippen LogP contribution is -2.21. The maximum Gasteiger partial charge on any atom is 0.253 e. The Morgan fingerprint density at radius 2 is 2.11 bits per heavy atom. The average molecular weight is 381 g/mol. The third-order valence-electron chi connectivity index (χ3n) is 5.00. The quantitative estimate of drug-likeness (QED) is 0.611. The van der Waals surface area contributed by atoms with Crippen LogP contribution in [0.15, 0.2) is 35.6 Å². The van der Waals surface area contributed by atoms with Gasteiger partial charge in [0.05, 0.1) is 11.3 Å². The topological polar surface area (TPSA) is 60.2 Å². The SMILES string of the molecule is Cc1cccc(C2CC(=O)c3cn4nc(SCCC(C)C)nc4nc3C2)c1. The number of Topliss-reactive ketones (excluding diaryl/α,β-unsaturated/α-hetero) is 1. The molecule has 6 heteroatoms. The molecule has 0 amide bonds. The van der Waals surface area contributed by atoms with Crippen LogP contribution in [0.5, 0.6) is 0 Å². The number of hydrogen-bond acceptors (Lipinski definition) is 5. The van der Waals surface area contributed by atoms with E-state index in [1.165, 1.54) is 11.1 Å². The zero-order valence-electron chi connectivity index (χ0n) is 16.0. The highest BCUT2D eigenvalue weighted by atomic mass is 32.2. The Morgan fingerprint density at radius 1 is 1.26 bits per heavy atom. The summed E-state index contributed by atoms with van der Waals surface area (Å²) in [7, 11) is 0. The van der Waals surface area contributed by atoms with Gasteiger partial charge < -0.3 is 0 Å². The van der Waals surface area contributed by atoms with Crippen molar-refractivity contribution in [3.8, 4) is 0 Å². The predicted molar refractivity (Wildman–Crippen MR) is 108 cm³/mol. The molecule has 1 aliphatic carbocycles. The highest BCUT2D eigenvalue weighted by Crippen LogP contribution is 2.32. The molecule has 0 fully saturated rings. The number of hydrogen-bond donors (Lipinski definition) is 0. The van der Waals surface area contributed by atoms with Crippen molar-refractivity contribution in [1.82, 2.24) is 19.6 Å². The molecule has 0 saturated carbocycles. The molecule has 0 bridgehead atoms. The van der Waals surface area contributed by atoms with E-state index in [-0.39, 0.29) is 11.7 Å². The number of rotatable bonds is 5. The summed E-state index contributed by atoms with van der Waals surface area (Å²) in [5.74, 6) is 2.56. The number of thioether (sulfide) groups is 1. The van der Waals surface area contributed by atoms with Gasteiger partial charge in [0, 0.05) is 18.4 Å². The van der Waals surface area contributed by atoms with Gasteiger partial charge >= 0.3 is 0 Å². The Morgan fingerprint density at radius 3 is 2.89 bits per heavy atom. The van der Waals surface area contributed by atoms with E-state index in [9.17, 15) is 4.79 Å². The number of carbonyl (C=O) groups is 1. The molecule has 1 atom stereocenters. The first-order valence-electron chi connectivity index (χ1n) is 9.48. The number of aryl methyl sites for hydroxylation is 1. The molecule has 0 aliphatic heterocycles. The molecule has 1 unspecified atom stereocenters. The summed E-state index contributed by atoms with van der Waals surface area (Å²) >= 11 is 1.65. The van der Waals surface area contributed by atoms with Crippen LogP contribution >= 0.6 is 11.8 Å². The van der Waals surface area contributed by atoms with Gasteiger partial charge in [0.2, 0.25) is 5.16 Å². The van der Waals surface area contributed by atoms with E-state index in [1.54, 1.807) is 16.3 Å². The summed E-state index contributed by atoms with van der Waals surface area (Å²) in [5.41, 5.74) is 3.96. The van der Waals surface area contributed by atoms with Crippen molar-refractivity contribution in [1.29, 1.82) is 0 Å². The average Bonchev–Trinajstić information content (AvgIpc) is 3.01. The van der Waals surface area contributed by atoms with Crippen LogP contribution in [0, 0.1) is 12.8 Å². The second kappa shape index (κ2) is 7.43. The number of fused-ring (bicyclic) bond motifs is 2. The van der Waals surface area contributed by atoms with Crippen LogP contribution in [-0.2, 0) is 6.42 Å². The van der Waals surface area contributed by atoms with Crippen LogP contribution in [-0.4, -0.2) is 31.1 Å². The maximum absolute atomic E-state index is 12.7. The van der Waals surface area contributed by atoms with Crippen molar-refractivity contribution in [2.75, 3.05) is 5.75 Å². The van der Waals surface area contributed by atoms with Gasteiger partial charge in [-0.2, -0.15) is 4.98 Å². The molecular formula is C21H24N4OS. The summed E-state index contributed by atoms with van der Waals surface area (Å²) in [6.45, 7) is 6.51. The zero-order valence-corrected chi connectivity index (χ0v) is 16.8. The summed E-state index contributed by atoms with van der Waals surface area (Å²) in [6.07, 6.45) is 4.23. The first-order chi connectivity index (χ1) is 13.0. The fourth-order valence-corrected chi connectivity index (χ4v) is 4.53. The molecule has 0 radical (unpaired) electrons. The lowest BCUT2D eigenvalue weighted by Gasteiger charge is -2.23. The monoisotopic (exact) mass is 380 g/mol. The van der Waals surface area contributed by atoms with Gasteiger partial charge in [0.1, 0.15) is 0 Å². The Bertz CT molecular complexity index is 995. The third-order valence-corrected chi connectivity index (χ3v) is 5.87. The van der Waals surface area contributed by atoms with E-state index in [2.05, 4.69) is 60.1 Å². The lowest BCUT2D eigenvalue weighted by atomic mass is 9.82. The summed E-state index contributed by atoms with van der Waals surface area (Å²) in [6, 6.07) is 8.41. The summed E-state index contributed by atoms with van der Waals surface area (Å²) in [4.78, 5) is 22.0. The normalized spacial score (nSPS) is 16.9. The predicted octanol–water partition coefficient (Wildman–Crippen LogP) is 4.48. The van der Waals surface area contributed by atoms with Crippen LogP contribution in [0.4, 0.5) is 0 Å². The highest BCUT2D eigenvalue weighted by Gasteiger charge is 2.28. The van der Waals surface area contributed by atoms with Crippen LogP contribution in [0.25, 0.3) is 5.78 Å². The van der Waals surface area contributed by atoms with Crippen LogP contribution < -0.4 is 0 Å². The van der Waals surface area contributed by atoms with Crippen molar-refractivity contribution in [2.45, 2.75) is 51.1 Å². The Balaban J connectivity index is 1.61. The molecular weight excluding hydrogens is 356 g/mol. The molecule has 140 valence electrons. The molecule has 0 saturated heterocycles. The molecule has 2 heterocycles. The Kier molecular flexibility index (Phi) is 5.00. The standard InChI is InChI=1S/C21H24N4OS/c1-13(2)7-8-27-21-23-20-22-18-10-16(15-6-4-5-14(3)9-15)11-19(26)17(18)12-25(20)24-21/h4-6,9,12-13,16H,7-8,10-11H2,1-3H3. The second-order valence-corrected chi connectivity index (χ2v) is 8.78. The fraction of sp³-hybridized carbons (Fsp3) is 0.429. The van der Waals surface area contributed by atoms with Gasteiger partial charge in [0.15, 0.2) is 5.78 Å². The van der Waals surface area contributed by atoms with Crippen LogP contribution in [0.3, 0.4) is 0 Å². The van der Waals surface area contributed by atoms with Gasteiger partial charge in [-0.1, -0.05) is 55.4 Å². The van der Waals surface area contributed by atoms with Crippen LogP contribution in [0.2, 0.25) is 0 Å². The third kappa shape index (κ3) is 3.90. The molecule has 1 aliphatic rings. The lowest BCUT2D eigenvalue weighted by molar-refractivity contribution is 0.0962. The van der Waals surface area contributed by atoms with Crippen molar-refractivity contribution >= 4 is 23.3 Å². The Hall–Kier alpha value is -2.21. The number of ketones is 1. The number of carbonyl (C=O) groups excluding carboxylic acids is 1. The van der Waals surface area contributed by atoms with E-state index in [1.807, 2.05) is 6.20 Å². The van der Waals surface area contributed by atoms with Crippen LogP contribution in [0.1, 0.15) is 59.8 Å². The van der Waals surface area contributed by atoms with Gasteiger partial charge in [-0.15, -0.1) is 5.10 Å².